The summed E-state index contributed by atoms with van der Waals surface area (Å²) < 4.78 is 16.1. The Bertz CT molecular complexity index is 2190. The number of nitrogens with one attached hydrogen (secondary N) is 3. The van der Waals surface area contributed by atoms with Gasteiger partial charge in [0.05, 0.1) is 55.8 Å². The lowest BCUT2D eigenvalue weighted by molar-refractivity contribution is -0.121. The van der Waals surface area contributed by atoms with Crippen molar-refractivity contribution in [1.29, 1.82) is 0 Å². The molecule has 54 heavy (non-hydrogen) atoms. The van der Waals surface area contributed by atoms with Crippen LogP contribution in [0.1, 0.15) is 62.1 Å². The summed E-state index contributed by atoms with van der Waals surface area (Å²) in [6, 6.07) is 21.2. The van der Waals surface area contributed by atoms with Crippen LogP contribution in [0.3, 0.4) is 0 Å². The van der Waals surface area contributed by atoms with Crippen LogP contribution in [0.2, 0.25) is 0 Å². The number of ether oxygens (including phenoxy) is 3. The molecular weight excluding hydrogens is 686 g/mol. The van der Waals surface area contributed by atoms with Gasteiger partial charge in [-0.1, -0.05) is 66.7 Å². The van der Waals surface area contributed by atoms with Crippen LogP contribution in [-0.2, 0) is 31.8 Å². The number of morpholine rings is 1. The Kier molecular flexibility index (Phi) is 9.18. The molecule has 8 rings (SSSR count). The van der Waals surface area contributed by atoms with Gasteiger partial charge in [0, 0.05) is 13.0 Å². The van der Waals surface area contributed by atoms with Crippen LogP contribution >= 0.6 is 0 Å². The first-order valence-corrected chi connectivity index (χ1v) is 18.2. The Hall–Kier alpha value is -5.95. The van der Waals surface area contributed by atoms with E-state index in [1.165, 1.54) is 7.11 Å². The minimum atomic E-state index is -0.695. The van der Waals surface area contributed by atoms with E-state index in [-0.39, 0.29) is 24.1 Å². The van der Waals surface area contributed by atoms with Crippen molar-refractivity contribution in [2.24, 2.45) is 0 Å². The lowest BCUT2D eigenvalue weighted by Gasteiger charge is -2.35. The van der Waals surface area contributed by atoms with E-state index in [1.807, 2.05) is 45.0 Å². The van der Waals surface area contributed by atoms with Gasteiger partial charge in [0.25, 0.3) is 0 Å². The number of imidazole rings is 2. The van der Waals surface area contributed by atoms with Gasteiger partial charge in [-0.25, -0.2) is 19.6 Å². The van der Waals surface area contributed by atoms with Crippen molar-refractivity contribution < 1.29 is 28.6 Å². The second-order valence-electron chi connectivity index (χ2n) is 14.9. The van der Waals surface area contributed by atoms with Gasteiger partial charge in [-0.15, -0.1) is 0 Å². The van der Waals surface area contributed by atoms with Crippen molar-refractivity contribution >= 4 is 23.8 Å². The third kappa shape index (κ3) is 6.82. The molecule has 5 aromatic rings. The van der Waals surface area contributed by atoms with E-state index in [0.717, 1.165) is 50.5 Å². The van der Waals surface area contributed by atoms with Gasteiger partial charge < -0.3 is 29.5 Å². The quantitative estimate of drug-likeness (QED) is 0.174. The summed E-state index contributed by atoms with van der Waals surface area (Å²) in [6.45, 7) is 6.78. The van der Waals surface area contributed by atoms with Crippen LogP contribution in [-0.4, -0.2) is 81.4 Å². The number of aromatic amines is 2. The standard InChI is InChI=1S/C41H43N7O6/c1-41(2,3)54-40(51)47-18-19-53-23-34(47)37-43-22-32(45-37)27-14-10-25(11-15-27)24-8-12-26(13-9-24)31-21-42-36(44-31)33-20-29-7-5-6-28-16-17-30(46-39(50)52-4)38(49)48(33)35(28)29/h5-15,21-22,30,33-34H,16-20,23H2,1-4H3,(H,42,44)(H,43,45)(H,46,50)/t30-,33-,34-/m0/s1. The topological polar surface area (TPSA) is 155 Å². The van der Waals surface area contributed by atoms with E-state index in [1.54, 1.807) is 22.2 Å². The number of alkyl carbamates (subject to hydrolysis) is 1. The molecule has 3 N–H and O–H groups in total. The predicted molar refractivity (Wildman–Crippen MR) is 202 cm³/mol. The molecule has 0 spiro atoms. The van der Waals surface area contributed by atoms with Crippen molar-refractivity contribution in [3.05, 3.63) is 102 Å². The zero-order valence-corrected chi connectivity index (χ0v) is 30.7. The fourth-order valence-electron chi connectivity index (χ4n) is 7.54. The molecule has 3 aromatic carbocycles. The van der Waals surface area contributed by atoms with Crippen molar-refractivity contribution in [1.82, 2.24) is 30.2 Å². The first kappa shape index (κ1) is 35.1. The van der Waals surface area contributed by atoms with Crippen molar-refractivity contribution in [3.8, 4) is 33.6 Å². The Morgan fingerprint density at radius 1 is 0.852 bits per heavy atom. The third-order valence-corrected chi connectivity index (χ3v) is 10.2. The summed E-state index contributed by atoms with van der Waals surface area (Å²) >= 11 is 0. The number of carbonyl (C=O) groups is 3. The number of benzene rings is 3. The van der Waals surface area contributed by atoms with E-state index in [9.17, 15) is 14.4 Å². The molecule has 1 fully saturated rings. The molecule has 3 aliphatic rings. The highest BCUT2D eigenvalue weighted by Crippen LogP contribution is 2.44. The van der Waals surface area contributed by atoms with Crippen LogP contribution in [0, 0.1) is 0 Å². The molecule has 0 bridgehead atoms. The molecule has 0 unspecified atom stereocenters. The number of anilines is 1. The molecule has 3 atom stereocenters. The monoisotopic (exact) mass is 729 g/mol. The van der Waals surface area contributed by atoms with Gasteiger partial charge in [-0.05, 0) is 67.0 Å². The average Bonchev–Trinajstić information content (AvgIpc) is 3.93. The molecule has 3 aliphatic heterocycles. The summed E-state index contributed by atoms with van der Waals surface area (Å²) in [5.74, 6) is 1.17. The van der Waals surface area contributed by atoms with Gasteiger partial charge >= 0.3 is 12.2 Å². The minimum absolute atomic E-state index is 0.168. The zero-order chi connectivity index (χ0) is 37.6. The number of hydrogen-bond donors (Lipinski definition) is 3. The van der Waals surface area contributed by atoms with Gasteiger partial charge in [-0.2, -0.15) is 0 Å². The van der Waals surface area contributed by atoms with Crippen LogP contribution < -0.4 is 10.2 Å². The number of nitrogens with zero attached hydrogens (tertiary/aromatic N) is 4. The molecule has 0 radical (unpaired) electrons. The number of aryl methyl sites for hydroxylation is 1. The summed E-state index contributed by atoms with van der Waals surface area (Å²) in [4.78, 5) is 58.6. The fraction of sp³-hybridized carbons (Fsp3) is 0.341. The van der Waals surface area contributed by atoms with Crippen molar-refractivity contribution in [3.63, 3.8) is 0 Å². The Balaban J connectivity index is 0.964. The molecule has 278 valence electrons. The minimum Gasteiger partial charge on any atom is -0.453 e. The Labute approximate surface area is 313 Å². The third-order valence-electron chi connectivity index (χ3n) is 10.2. The van der Waals surface area contributed by atoms with Crippen LogP contribution in [0.4, 0.5) is 15.3 Å². The molecule has 5 heterocycles. The molecular formula is C41H43N7O6. The number of methoxy groups -OCH3 is 1. The zero-order valence-electron chi connectivity index (χ0n) is 30.7. The van der Waals surface area contributed by atoms with Crippen molar-refractivity contribution in [2.75, 3.05) is 31.8 Å². The second-order valence-corrected chi connectivity index (χ2v) is 14.9. The molecule has 13 nitrogen and oxygen atoms in total. The van der Waals surface area contributed by atoms with E-state index in [2.05, 4.69) is 62.7 Å². The normalized spacial score (nSPS) is 19.6. The van der Waals surface area contributed by atoms with Gasteiger partial charge in [-0.3, -0.25) is 14.6 Å². The van der Waals surface area contributed by atoms with E-state index >= 15 is 0 Å². The number of amides is 3. The van der Waals surface area contributed by atoms with Crippen LogP contribution in [0.5, 0.6) is 0 Å². The van der Waals surface area contributed by atoms with Crippen molar-refractivity contribution in [2.45, 2.75) is 63.8 Å². The summed E-state index contributed by atoms with van der Waals surface area (Å²) in [6.07, 6.45) is 4.37. The fourth-order valence-corrected chi connectivity index (χ4v) is 7.54. The first-order chi connectivity index (χ1) is 26.1. The number of para-hydroxylation sites is 1. The molecule has 1 saturated heterocycles. The maximum Gasteiger partial charge on any atom is 0.411 e. The Morgan fingerprint density at radius 2 is 1.44 bits per heavy atom. The highest BCUT2D eigenvalue weighted by atomic mass is 16.6. The predicted octanol–water partition coefficient (Wildman–Crippen LogP) is 6.74. The largest absolute Gasteiger partial charge is 0.453 e. The Morgan fingerprint density at radius 3 is 2.06 bits per heavy atom. The van der Waals surface area contributed by atoms with Crippen LogP contribution in [0.15, 0.2) is 79.1 Å². The molecule has 0 saturated carbocycles. The lowest BCUT2D eigenvalue weighted by Crippen LogP contribution is -2.48. The van der Waals surface area contributed by atoms with Crippen LogP contribution in [0.25, 0.3) is 33.6 Å². The van der Waals surface area contributed by atoms with Gasteiger partial charge in [0.1, 0.15) is 29.3 Å². The lowest BCUT2D eigenvalue weighted by atomic mass is 10.0. The molecule has 3 amide bonds. The maximum absolute atomic E-state index is 13.9. The average molecular weight is 730 g/mol. The second kappa shape index (κ2) is 14.1. The SMILES string of the molecule is COC(=O)N[C@H]1CCc2cccc3c2N(C1=O)[C@H](c1ncc(-c2ccc(-c4ccc(-c5cnc([C@@H]6COCCN6C(=O)OC(C)(C)C)[nH]5)cc4)cc2)[nH]1)C3. The molecule has 0 aliphatic carbocycles. The van der Waals surface area contributed by atoms with E-state index in [0.29, 0.717) is 50.7 Å². The number of hydrogen-bond acceptors (Lipinski definition) is 8. The number of aromatic nitrogens is 4. The first-order valence-electron chi connectivity index (χ1n) is 18.2. The summed E-state index contributed by atoms with van der Waals surface area (Å²) in [5, 5.41) is 2.73. The number of rotatable bonds is 6. The van der Waals surface area contributed by atoms with E-state index < -0.39 is 17.7 Å². The maximum atomic E-state index is 13.9. The van der Waals surface area contributed by atoms with Gasteiger partial charge in [0.15, 0.2) is 0 Å². The summed E-state index contributed by atoms with van der Waals surface area (Å²) in [5.41, 5.74) is 8.24. The number of carbonyl (C=O) groups excluding carboxylic acids is 3. The van der Waals surface area contributed by atoms with E-state index in [4.69, 9.17) is 19.2 Å². The highest BCUT2D eigenvalue weighted by Gasteiger charge is 2.43. The van der Waals surface area contributed by atoms with Gasteiger partial charge in [0.2, 0.25) is 5.91 Å². The molecule has 2 aromatic heterocycles. The smallest absolute Gasteiger partial charge is 0.411 e. The summed E-state index contributed by atoms with van der Waals surface area (Å²) in [7, 11) is 1.30. The molecule has 13 heteroatoms. The number of H-pyrrole nitrogens is 2. The highest BCUT2D eigenvalue weighted by molar-refractivity contribution is 6.02.